The molecule has 0 bridgehead atoms. The summed E-state index contributed by atoms with van der Waals surface area (Å²) in [5.74, 6) is 0. The quantitative estimate of drug-likeness (QED) is 0.296. The molecule has 0 aliphatic heterocycles. The van der Waals surface area contributed by atoms with E-state index in [1.165, 1.54) is 0 Å². The standard InChI is InChI=1S/Ag.2H2O4S/c;2*1-5(2,3)4/h;2*(H2,1,2,3,4)/q+2;;/p-2. The Morgan fingerprint density at radius 3 is 0.818 bits per heavy atom. The van der Waals surface area contributed by atoms with Gasteiger partial charge in [0, 0.05) is 0 Å². The molecule has 2 N–H and O–H groups in total. The third kappa shape index (κ3) is 3270. The van der Waals surface area contributed by atoms with E-state index in [2.05, 4.69) is 0 Å². The first kappa shape index (κ1) is 17.5. The molecule has 0 rings (SSSR count). The average molecular weight is 302 g/mol. The summed E-state index contributed by atoms with van der Waals surface area (Å²) in [5, 5.41) is 0. The number of hydrogen-bond acceptors (Lipinski definition) is 6. The van der Waals surface area contributed by atoms with E-state index in [1.54, 1.807) is 0 Å². The maximum absolute atomic E-state index is 8.63. The minimum Gasteiger partial charge on any atom is -0.726 e. The van der Waals surface area contributed by atoms with Crippen LogP contribution in [0.15, 0.2) is 0 Å². The normalized spacial score (nSPS) is 10.5. The first-order valence-electron chi connectivity index (χ1n) is 1.37. The third-order valence-electron chi connectivity index (χ3n) is 0. The van der Waals surface area contributed by atoms with Crippen LogP contribution in [0, 0.1) is 0 Å². The van der Waals surface area contributed by atoms with E-state index >= 15 is 0 Å². The summed E-state index contributed by atoms with van der Waals surface area (Å²) in [6, 6.07) is 0. The molecule has 0 amide bonds. The molecule has 0 fully saturated rings. The number of hydrogen-bond donors (Lipinski definition) is 2. The molecule has 0 aromatic rings. The fourth-order valence-corrected chi connectivity index (χ4v) is 0. The third-order valence-corrected chi connectivity index (χ3v) is 0. The van der Waals surface area contributed by atoms with E-state index in [4.69, 9.17) is 35.0 Å². The summed E-state index contributed by atoms with van der Waals surface area (Å²) in [6.45, 7) is 0. The van der Waals surface area contributed by atoms with Crippen LogP contribution >= 0.6 is 0 Å². The molecule has 0 aromatic heterocycles. The van der Waals surface area contributed by atoms with Crippen LogP contribution in [0.2, 0.25) is 0 Å². The van der Waals surface area contributed by atoms with E-state index in [1.807, 2.05) is 0 Å². The summed E-state index contributed by atoms with van der Waals surface area (Å²) in [4.78, 5) is 0. The van der Waals surface area contributed by atoms with Gasteiger partial charge in [-0.2, -0.15) is 0 Å². The molecule has 0 saturated heterocycles. The van der Waals surface area contributed by atoms with E-state index in [0.29, 0.717) is 0 Å². The van der Waals surface area contributed by atoms with Crippen LogP contribution in [0.3, 0.4) is 0 Å². The van der Waals surface area contributed by atoms with Crippen molar-refractivity contribution < 1.29 is 57.4 Å². The topological polar surface area (TPSA) is 155 Å². The molecular formula is H2AgO8S2. The molecule has 11 heavy (non-hydrogen) atoms. The van der Waals surface area contributed by atoms with Crippen LogP contribution in [0.1, 0.15) is 0 Å². The predicted octanol–water partition coefficient (Wildman–Crippen LogP) is -1.99. The summed E-state index contributed by atoms with van der Waals surface area (Å²) in [7, 11) is -9.83. The van der Waals surface area contributed by atoms with E-state index in [0.717, 1.165) is 0 Å². The van der Waals surface area contributed by atoms with Gasteiger partial charge in [-0.3, -0.25) is 9.11 Å². The molecule has 0 saturated carbocycles. The van der Waals surface area contributed by atoms with Crippen LogP contribution in [-0.4, -0.2) is 35.0 Å². The zero-order valence-corrected chi connectivity index (χ0v) is 7.58. The van der Waals surface area contributed by atoms with Gasteiger partial charge in [0.25, 0.3) is 0 Å². The van der Waals surface area contributed by atoms with Crippen LogP contribution in [-0.2, 0) is 43.2 Å². The molecule has 0 spiro atoms. The van der Waals surface area contributed by atoms with Gasteiger partial charge in [-0.1, -0.05) is 0 Å². The van der Waals surface area contributed by atoms with Crippen molar-refractivity contribution in [2.24, 2.45) is 0 Å². The molecule has 0 aliphatic rings. The van der Waals surface area contributed by atoms with Crippen molar-refractivity contribution >= 4 is 20.8 Å². The van der Waals surface area contributed by atoms with Crippen LogP contribution in [0.4, 0.5) is 0 Å². The maximum Gasteiger partial charge on any atom is 2.00 e. The van der Waals surface area contributed by atoms with Gasteiger partial charge in [0.15, 0.2) is 0 Å². The Kier molecular flexibility index (Phi) is 9.64. The Morgan fingerprint density at radius 1 is 0.818 bits per heavy atom. The molecule has 73 valence electrons. The Balaban J connectivity index is -0.000000107. The van der Waals surface area contributed by atoms with E-state index < -0.39 is 20.8 Å². The molecule has 0 atom stereocenters. The molecular weight excluding hydrogens is 300 g/mol. The van der Waals surface area contributed by atoms with Gasteiger partial charge in [-0.05, 0) is 0 Å². The van der Waals surface area contributed by atoms with Gasteiger partial charge >= 0.3 is 22.4 Å². The first-order chi connectivity index (χ1) is 4.00. The molecule has 0 aromatic carbocycles. The van der Waals surface area contributed by atoms with Gasteiger partial charge in [0.1, 0.15) is 0 Å². The predicted molar refractivity (Wildman–Crippen MR) is 24.7 cm³/mol. The Hall–Kier alpha value is 0.480. The summed E-state index contributed by atoms with van der Waals surface area (Å²) in [6.07, 6.45) is 0. The maximum atomic E-state index is 8.63. The van der Waals surface area contributed by atoms with E-state index in [9.17, 15) is 0 Å². The van der Waals surface area contributed by atoms with Crippen molar-refractivity contribution in [3.63, 3.8) is 0 Å². The zero-order valence-electron chi connectivity index (χ0n) is 4.46. The molecule has 0 heterocycles. The fraction of sp³-hybridized carbons (Fsp3) is 0. The van der Waals surface area contributed by atoms with Gasteiger partial charge in [0.05, 0.1) is 0 Å². The second-order valence-electron chi connectivity index (χ2n) is 0.855. The summed E-state index contributed by atoms with van der Waals surface area (Å²) < 4.78 is 65.7. The van der Waals surface area contributed by atoms with Crippen LogP contribution in [0.5, 0.6) is 0 Å². The molecule has 1 radical (unpaired) electrons. The van der Waals surface area contributed by atoms with Gasteiger partial charge in [-0.15, -0.1) is 0 Å². The monoisotopic (exact) mass is 301 g/mol. The van der Waals surface area contributed by atoms with Gasteiger partial charge in [-0.25, -0.2) is 16.8 Å². The van der Waals surface area contributed by atoms with E-state index in [-0.39, 0.29) is 22.4 Å². The Labute approximate surface area is 78.3 Å². The molecule has 0 unspecified atom stereocenters. The van der Waals surface area contributed by atoms with Crippen LogP contribution < -0.4 is 0 Å². The van der Waals surface area contributed by atoms with Crippen molar-refractivity contribution in [1.29, 1.82) is 0 Å². The van der Waals surface area contributed by atoms with Crippen molar-refractivity contribution in [1.82, 2.24) is 0 Å². The fourth-order valence-electron chi connectivity index (χ4n) is 0. The summed E-state index contributed by atoms with van der Waals surface area (Å²) >= 11 is 0. The zero-order chi connectivity index (χ0) is 9.00. The summed E-state index contributed by atoms with van der Waals surface area (Å²) in [5.41, 5.74) is 0. The number of rotatable bonds is 0. The van der Waals surface area contributed by atoms with Crippen molar-refractivity contribution in [3.05, 3.63) is 0 Å². The average Bonchev–Trinajstić information content (AvgIpc) is 1.12. The SMILES string of the molecule is O=S(=O)([O-])O.O=S(=O)([O-])O.[Ag+2]. The Bertz CT molecular complexity index is 208. The minimum atomic E-state index is -4.92. The van der Waals surface area contributed by atoms with Gasteiger partial charge < -0.3 is 9.11 Å². The Morgan fingerprint density at radius 2 is 0.818 bits per heavy atom. The van der Waals surface area contributed by atoms with Crippen molar-refractivity contribution in [2.45, 2.75) is 0 Å². The van der Waals surface area contributed by atoms with Gasteiger partial charge in [0.2, 0.25) is 20.8 Å². The van der Waals surface area contributed by atoms with Crippen LogP contribution in [0.25, 0.3) is 0 Å². The second-order valence-corrected chi connectivity index (χ2v) is 2.57. The molecule has 8 nitrogen and oxygen atoms in total. The molecule has 0 aliphatic carbocycles. The largest absolute Gasteiger partial charge is 2.00 e. The van der Waals surface area contributed by atoms with Crippen molar-refractivity contribution in [2.75, 3.05) is 0 Å². The van der Waals surface area contributed by atoms with Crippen molar-refractivity contribution in [3.8, 4) is 0 Å². The first-order valence-corrected chi connectivity index (χ1v) is 4.10. The smallest absolute Gasteiger partial charge is 0.726 e. The second kappa shape index (κ2) is 6.05. The molecule has 11 heteroatoms. The minimum absolute atomic E-state index is 0.